The summed E-state index contributed by atoms with van der Waals surface area (Å²) in [5.74, 6) is 0.702. The maximum atomic E-state index is 15.0. The van der Waals surface area contributed by atoms with Gasteiger partial charge in [-0.1, -0.05) is 6.42 Å². The maximum absolute atomic E-state index is 15.0. The minimum Gasteiger partial charge on any atom is -0.493 e. The zero-order valence-electron chi connectivity index (χ0n) is 24.7. The number of rotatable bonds is 12. The minimum absolute atomic E-state index is 0.0540. The number of nitrogens with one attached hydrogen (secondary N) is 2. The number of hydrogen-bond acceptors (Lipinski definition) is 9. The van der Waals surface area contributed by atoms with Gasteiger partial charge in [-0.2, -0.15) is 5.10 Å². The van der Waals surface area contributed by atoms with Gasteiger partial charge in [0.05, 0.1) is 30.4 Å². The average Bonchev–Trinajstić information content (AvgIpc) is 3.05. The van der Waals surface area contributed by atoms with Crippen LogP contribution < -0.4 is 25.0 Å². The SMILES string of the molecule is COc1cc2c(Oc3ccc(NC(=O)N/N=C/c4ccc([N+](=O)[O-])cc4)cc3F)ccnc2cc1OCCCN1CCCCC1. The summed E-state index contributed by atoms with van der Waals surface area (Å²) in [5, 5.41) is 17.6. The summed E-state index contributed by atoms with van der Waals surface area (Å²) in [6, 6.07) is 14.1. The fraction of sp³-hybridized carbons (Fsp3) is 0.281. The number of nitro benzene ring substituents is 1. The number of aromatic nitrogens is 1. The molecular formula is C32H33FN6O6. The lowest BCUT2D eigenvalue weighted by Crippen LogP contribution is -2.31. The third kappa shape index (κ3) is 8.42. The molecule has 0 aliphatic carbocycles. The number of urea groups is 1. The number of nitro groups is 1. The maximum Gasteiger partial charge on any atom is 0.339 e. The number of nitrogens with zero attached hydrogens (tertiary/aromatic N) is 4. The summed E-state index contributed by atoms with van der Waals surface area (Å²) in [5.41, 5.74) is 3.52. The van der Waals surface area contributed by atoms with Crippen molar-refractivity contribution in [1.82, 2.24) is 15.3 Å². The molecule has 0 spiro atoms. The quantitative estimate of drug-likeness (QED) is 0.0796. The number of likely N-dealkylation sites (tertiary alicyclic amines) is 1. The van der Waals surface area contributed by atoms with Crippen LogP contribution in [-0.2, 0) is 0 Å². The predicted molar refractivity (Wildman–Crippen MR) is 168 cm³/mol. The van der Waals surface area contributed by atoms with E-state index in [9.17, 15) is 14.9 Å². The monoisotopic (exact) mass is 616 g/mol. The lowest BCUT2D eigenvalue weighted by atomic mass is 10.1. The van der Waals surface area contributed by atoms with Gasteiger partial charge in [0.15, 0.2) is 23.1 Å². The zero-order valence-corrected chi connectivity index (χ0v) is 24.7. The van der Waals surface area contributed by atoms with Crippen LogP contribution in [0.15, 0.2) is 72.0 Å². The Bertz CT molecular complexity index is 1680. The molecule has 13 heteroatoms. The molecule has 2 heterocycles. The van der Waals surface area contributed by atoms with Crippen LogP contribution in [0.5, 0.6) is 23.0 Å². The molecule has 5 rings (SSSR count). The second-order valence-corrected chi connectivity index (χ2v) is 10.4. The highest BCUT2D eigenvalue weighted by Gasteiger charge is 2.15. The third-order valence-corrected chi connectivity index (χ3v) is 7.21. The van der Waals surface area contributed by atoms with Crippen molar-refractivity contribution in [2.75, 3.05) is 38.7 Å². The first-order valence-corrected chi connectivity index (χ1v) is 14.5. The van der Waals surface area contributed by atoms with Crippen LogP contribution in [0.2, 0.25) is 0 Å². The van der Waals surface area contributed by atoms with E-state index in [0.717, 1.165) is 32.1 Å². The Morgan fingerprint density at radius 2 is 1.84 bits per heavy atom. The number of hydrogen-bond donors (Lipinski definition) is 2. The second kappa shape index (κ2) is 14.9. The van der Waals surface area contributed by atoms with E-state index in [1.165, 1.54) is 61.9 Å². The highest BCUT2D eigenvalue weighted by atomic mass is 19.1. The molecule has 0 atom stereocenters. The van der Waals surface area contributed by atoms with Gasteiger partial charge in [-0.05, 0) is 74.3 Å². The van der Waals surface area contributed by atoms with E-state index in [-0.39, 0.29) is 17.1 Å². The van der Waals surface area contributed by atoms with Crippen molar-refractivity contribution < 1.29 is 28.3 Å². The lowest BCUT2D eigenvalue weighted by molar-refractivity contribution is -0.384. The van der Waals surface area contributed by atoms with Gasteiger partial charge in [0.2, 0.25) is 0 Å². The zero-order chi connectivity index (χ0) is 31.6. The van der Waals surface area contributed by atoms with E-state index >= 15 is 4.39 Å². The number of benzene rings is 3. The highest BCUT2D eigenvalue weighted by Crippen LogP contribution is 2.38. The molecule has 1 aliphatic rings. The minimum atomic E-state index is -0.710. The Hall–Kier alpha value is -5.30. The van der Waals surface area contributed by atoms with Gasteiger partial charge in [-0.3, -0.25) is 15.1 Å². The first-order valence-electron chi connectivity index (χ1n) is 14.5. The molecular weight excluding hydrogens is 583 g/mol. The number of hydrazone groups is 1. The Morgan fingerprint density at radius 3 is 2.58 bits per heavy atom. The normalized spacial score (nSPS) is 13.5. The molecule has 12 nitrogen and oxygen atoms in total. The number of anilines is 1. The van der Waals surface area contributed by atoms with E-state index in [4.69, 9.17) is 14.2 Å². The van der Waals surface area contributed by atoms with Crippen LogP contribution in [0.25, 0.3) is 10.9 Å². The van der Waals surface area contributed by atoms with E-state index in [1.807, 2.05) is 0 Å². The van der Waals surface area contributed by atoms with E-state index < -0.39 is 16.8 Å². The number of pyridine rings is 1. The van der Waals surface area contributed by atoms with Crippen molar-refractivity contribution >= 4 is 34.5 Å². The number of carbonyl (C=O) groups is 1. The fourth-order valence-electron chi connectivity index (χ4n) is 4.93. The molecule has 3 aromatic carbocycles. The van der Waals surface area contributed by atoms with E-state index in [1.54, 1.807) is 31.5 Å². The summed E-state index contributed by atoms with van der Waals surface area (Å²) in [6.07, 6.45) is 7.60. The molecule has 2 N–H and O–H groups in total. The van der Waals surface area contributed by atoms with Crippen LogP contribution >= 0.6 is 0 Å². The van der Waals surface area contributed by atoms with Crippen molar-refractivity contribution in [1.29, 1.82) is 0 Å². The van der Waals surface area contributed by atoms with Crippen LogP contribution in [0, 0.1) is 15.9 Å². The molecule has 0 radical (unpaired) electrons. The molecule has 2 amide bonds. The number of carbonyl (C=O) groups excluding carboxylic acids is 1. The molecule has 45 heavy (non-hydrogen) atoms. The van der Waals surface area contributed by atoms with Crippen LogP contribution in [0.4, 0.5) is 20.6 Å². The van der Waals surface area contributed by atoms with Gasteiger partial charge in [-0.25, -0.2) is 14.6 Å². The molecule has 0 saturated carbocycles. The molecule has 4 aromatic rings. The average molecular weight is 617 g/mol. The van der Waals surface area contributed by atoms with Crippen LogP contribution in [0.1, 0.15) is 31.2 Å². The van der Waals surface area contributed by atoms with Gasteiger partial charge in [0.25, 0.3) is 5.69 Å². The summed E-state index contributed by atoms with van der Waals surface area (Å²) >= 11 is 0. The molecule has 1 saturated heterocycles. The van der Waals surface area contributed by atoms with Gasteiger partial charge in [-0.15, -0.1) is 0 Å². The third-order valence-electron chi connectivity index (χ3n) is 7.21. The first kappa shape index (κ1) is 31.1. The van der Waals surface area contributed by atoms with Gasteiger partial charge in [0, 0.05) is 48.1 Å². The van der Waals surface area contributed by atoms with Crippen LogP contribution in [-0.4, -0.2) is 60.4 Å². The van der Waals surface area contributed by atoms with Crippen molar-refractivity contribution in [3.05, 3.63) is 88.4 Å². The number of amides is 2. The first-order chi connectivity index (χ1) is 21.9. The molecule has 0 bridgehead atoms. The highest BCUT2D eigenvalue weighted by molar-refractivity contribution is 5.91. The Morgan fingerprint density at radius 1 is 1.04 bits per heavy atom. The Kier molecular flexibility index (Phi) is 10.3. The number of fused-ring (bicyclic) bond motifs is 1. The number of non-ortho nitro benzene ring substituents is 1. The van der Waals surface area contributed by atoms with Crippen molar-refractivity contribution in [3.8, 4) is 23.0 Å². The molecule has 1 aliphatic heterocycles. The lowest BCUT2D eigenvalue weighted by Gasteiger charge is -2.26. The molecule has 0 unspecified atom stereocenters. The van der Waals surface area contributed by atoms with Crippen molar-refractivity contribution in [2.45, 2.75) is 25.7 Å². The van der Waals surface area contributed by atoms with Crippen molar-refractivity contribution in [2.24, 2.45) is 5.10 Å². The van der Waals surface area contributed by atoms with Gasteiger partial charge in [0.1, 0.15) is 5.75 Å². The van der Waals surface area contributed by atoms with Gasteiger partial charge < -0.3 is 24.4 Å². The smallest absolute Gasteiger partial charge is 0.339 e. The van der Waals surface area contributed by atoms with Crippen LogP contribution in [0.3, 0.4) is 0 Å². The summed E-state index contributed by atoms with van der Waals surface area (Å²) in [4.78, 5) is 29.3. The number of piperidine rings is 1. The number of methoxy groups -OCH3 is 1. The van der Waals surface area contributed by atoms with Gasteiger partial charge >= 0.3 is 6.03 Å². The standard InChI is InChI=1S/C32H33FN6O6/c1-43-30-19-25-27(20-31(30)44-17-5-16-38-14-3-2-4-15-38)34-13-12-28(25)45-29-11-8-23(18-26(29)33)36-32(40)37-35-21-22-6-9-24(10-7-22)39(41)42/h6-13,18-21H,2-5,14-17H2,1H3,(H2,36,37,40)/b35-21+. The summed E-state index contributed by atoms with van der Waals surface area (Å²) in [6.45, 7) is 3.83. The summed E-state index contributed by atoms with van der Waals surface area (Å²) < 4.78 is 32.6. The predicted octanol–water partition coefficient (Wildman–Crippen LogP) is 6.49. The second-order valence-electron chi connectivity index (χ2n) is 10.4. The van der Waals surface area contributed by atoms with E-state index in [2.05, 4.69) is 25.7 Å². The topological polar surface area (TPSA) is 140 Å². The molecule has 1 aromatic heterocycles. The molecule has 234 valence electrons. The number of ether oxygens (including phenoxy) is 3. The largest absolute Gasteiger partial charge is 0.493 e. The molecule has 1 fully saturated rings. The Labute approximate surface area is 259 Å². The Balaban J connectivity index is 1.19. The van der Waals surface area contributed by atoms with Crippen molar-refractivity contribution in [3.63, 3.8) is 0 Å². The number of halogens is 1. The summed E-state index contributed by atoms with van der Waals surface area (Å²) in [7, 11) is 1.56. The fourth-order valence-corrected chi connectivity index (χ4v) is 4.93. The van der Waals surface area contributed by atoms with E-state index in [0.29, 0.717) is 40.3 Å².